The zero-order valence-electron chi connectivity index (χ0n) is 9.68. The highest BCUT2D eigenvalue weighted by atomic mass is 127. The third kappa shape index (κ3) is 3.49. The maximum atomic E-state index is 5.66. The van der Waals surface area contributed by atoms with Gasteiger partial charge in [-0.1, -0.05) is 0 Å². The summed E-state index contributed by atoms with van der Waals surface area (Å²) >= 11 is 2.28. The second-order valence-electron chi connectivity index (χ2n) is 4.04. The zero-order chi connectivity index (χ0) is 12.1. The number of piperidine rings is 1. The molecule has 1 saturated heterocycles. The van der Waals surface area contributed by atoms with Crippen LogP contribution in [0.3, 0.4) is 0 Å². The summed E-state index contributed by atoms with van der Waals surface area (Å²) in [6, 6.07) is 0. The van der Waals surface area contributed by atoms with Crippen LogP contribution in [0.5, 0.6) is 0 Å². The van der Waals surface area contributed by atoms with Crippen LogP contribution in [0.25, 0.3) is 0 Å². The first kappa shape index (κ1) is 13.0. The van der Waals surface area contributed by atoms with Crippen molar-refractivity contribution in [2.45, 2.75) is 18.9 Å². The third-order valence-corrected chi connectivity index (χ3v) is 3.62. The van der Waals surface area contributed by atoms with Gasteiger partial charge in [0.1, 0.15) is 12.1 Å². The Balaban J connectivity index is 1.89. The predicted molar refractivity (Wildman–Crippen MR) is 75.0 cm³/mol. The molecule has 0 radical (unpaired) electrons. The minimum atomic E-state index is 0.356. The molecule has 17 heavy (non-hydrogen) atoms. The van der Waals surface area contributed by atoms with Crippen molar-refractivity contribution in [3.05, 3.63) is 16.1 Å². The molecule has 0 saturated carbocycles. The van der Waals surface area contributed by atoms with E-state index in [1.807, 2.05) is 6.20 Å². The van der Waals surface area contributed by atoms with Crippen LogP contribution in [0.4, 0.5) is 5.82 Å². The Labute approximate surface area is 115 Å². The van der Waals surface area contributed by atoms with Crippen LogP contribution in [-0.4, -0.2) is 42.3 Å². The molecule has 0 unspecified atom stereocenters. The second kappa shape index (κ2) is 6.46. The molecule has 0 amide bonds. The molecule has 5 nitrogen and oxygen atoms in total. The summed E-state index contributed by atoms with van der Waals surface area (Å²) in [5.41, 5.74) is 5.43. The maximum Gasteiger partial charge on any atom is 0.145 e. The number of hydrogen-bond donors (Lipinski definition) is 1. The highest BCUT2D eigenvalue weighted by Gasteiger charge is 2.21. The summed E-state index contributed by atoms with van der Waals surface area (Å²) in [5, 5.41) is 0. The number of nitrogens with two attached hydrogens (primary N) is 1. The standard InChI is InChI=1S/C11H17IN4O/c12-10-7-14-8-15-11(10)16-4-1-9(2-5-16)17-6-3-13/h7-9H,1-6,13H2. The van der Waals surface area contributed by atoms with Gasteiger partial charge in [-0.15, -0.1) is 0 Å². The predicted octanol–water partition coefficient (Wildman–Crippen LogP) is 1.03. The molecular weight excluding hydrogens is 331 g/mol. The van der Waals surface area contributed by atoms with E-state index in [-0.39, 0.29) is 0 Å². The van der Waals surface area contributed by atoms with Crippen molar-refractivity contribution >= 4 is 28.4 Å². The van der Waals surface area contributed by atoms with Gasteiger partial charge in [0.25, 0.3) is 0 Å². The lowest BCUT2D eigenvalue weighted by Gasteiger charge is -2.33. The Morgan fingerprint density at radius 2 is 2.24 bits per heavy atom. The lowest BCUT2D eigenvalue weighted by atomic mass is 10.1. The normalized spacial score (nSPS) is 17.4. The molecule has 2 rings (SSSR count). The van der Waals surface area contributed by atoms with E-state index < -0.39 is 0 Å². The van der Waals surface area contributed by atoms with E-state index in [1.54, 1.807) is 6.33 Å². The summed E-state index contributed by atoms with van der Waals surface area (Å²) in [7, 11) is 0. The van der Waals surface area contributed by atoms with Crippen LogP contribution in [0.2, 0.25) is 0 Å². The highest BCUT2D eigenvalue weighted by molar-refractivity contribution is 14.1. The van der Waals surface area contributed by atoms with E-state index in [0.717, 1.165) is 35.3 Å². The summed E-state index contributed by atoms with van der Waals surface area (Å²) < 4.78 is 6.76. The van der Waals surface area contributed by atoms with Crippen molar-refractivity contribution in [3.8, 4) is 0 Å². The van der Waals surface area contributed by atoms with E-state index in [2.05, 4.69) is 37.5 Å². The van der Waals surface area contributed by atoms with Gasteiger partial charge in [0, 0.05) is 25.8 Å². The van der Waals surface area contributed by atoms with Crippen molar-refractivity contribution in [1.82, 2.24) is 9.97 Å². The summed E-state index contributed by atoms with van der Waals surface area (Å²) in [6.07, 6.45) is 5.89. The summed E-state index contributed by atoms with van der Waals surface area (Å²) in [6.45, 7) is 3.24. The Morgan fingerprint density at radius 1 is 1.47 bits per heavy atom. The largest absolute Gasteiger partial charge is 0.377 e. The number of hydrogen-bond acceptors (Lipinski definition) is 5. The molecule has 1 aromatic rings. The minimum Gasteiger partial charge on any atom is -0.377 e. The molecule has 0 aliphatic carbocycles. The van der Waals surface area contributed by atoms with Crippen LogP contribution in [0, 0.1) is 3.57 Å². The van der Waals surface area contributed by atoms with Crippen LogP contribution >= 0.6 is 22.6 Å². The number of halogens is 1. The molecule has 2 heterocycles. The fourth-order valence-corrected chi connectivity index (χ4v) is 2.65. The molecule has 1 fully saturated rings. The fourth-order valence-electron chi connectivity index (χ4n) is 2.01. The van der Waals surface area contributed by atoms with Crippen LogP contribution in [-0.2, 0) is 4.74 Å². The second-order valence-corrected chi connectivity index (χ2v) is 5.20. The number of ether oxygens (including phenoxy) is 1. The van der Waals surface area contributed by atoms with Gasteiger partial charge in [-0.05, 0) is 35.4 Å². The molecule has 0 spiro atoms. The molecule has 1 aliphatic heterocycles. The first-order chi connectivity index (χ1) is 8.31. The molecule has 0 atom stereocenters. The Morgan fingerprint density at radius 3 is 2.88 bits per heavy atom. The van der Waals surface area contributed by atoms with Crippen molar-refractivity contribution < 1.29 is 4.74 Å². The quantitative estimate of drug-likeness (QED) is 0.824. The third-order valence-electron chi connectivity index (χ3n) is 2.86. The number of anilines is 1. The van der Waals surface area contributed by atoms with Gasteiger partial charge >= 0.3 is 0 Å². The molecule has 94 valence electrons. The Hall–Kier alpha value is -0.470. The first-order valence-corrected chi connectivity index (χ1v) is 6.91. The van der Waals surface area contributed by atoms with Crippen LogP contribution in [0.15, 0.2) is 12.5 Å². The van der Waals surface area contributed by atoms with Gasteiger partial charge in [-0.3, -0.25) is 0 Å². The number of nitrogens with zero attached hydrogens (tertiary/aromatic N) is 3. The van der Waals surface area contributed by atoms with E-state index in [9.17, 15) is 0 Å². The molecular formula is C11H17IN4O. The van der Waals surface area contributed by atoms with Gasteiger partial charge in [0.05, 0.1) is 16.3 Å². The minimum absolute atomic E-state index is 0.356. The van der Waals surface area contributed by atoms with Gasteiger partial charge in [-0.25, -0.2) is 9.97 Å². The van der Waals surface area contributed by atoms with Crippen LogP contribution < -0.4 is 10.6 Å². The van der Waals surface area contributed by atoms with E-state index in [1.165, 1.54) is 0 Å². The average molecular weight is 348 g/mol. The first-order valence-electron chi connectivity index (χ1n) is 5.83. The average Bonchev–Trinajstić information content (AvgIpc) is 2.38. The topological polar surface area (TPSA) is 64.3 Å². The van der Waals surface area contributed by atoms with Crippen molar-refractivity contribution in [1.29, 1.82) is 0 Å². The van der Waals surface area contributed by atoms with E-state index >= 15 is 0 Å². The lowest BCUT2D eigenvalue weighted by molar-refractivity contribution is 0.0421. The van der Waals surface area contributed by atoms with Crippen molar-refractivity contribution in [3.63, 3.8) is 0 Å². The van der Waals surface area contributed by atoms with Gasteiger partial charge in [0.2, 0.25) is 0 Å². The van der Waals surface area contributed by atoms with Gasteiger partial charge in [0.15, 0.2) is 0 Å². The molecule has 1 aliphatic rings. The number of rotatable bonds is 4. The van der Waals surface area contributed by atoms with E-state index in [0.29, 0.717) is 19.3 Å². The zero-order valence-corrected chi connectivity index (χ0v) is 11.8. The van der Waals surface area contributed by atoms with E-state index in [4.69, 9.17) is 10.5 Å². The maximum absolute atomic E-state index is 5.66. The van der Waals surface area contributed by atoms with Gasteiger partial charge in [-0.2, -0.15) is 0 Å². The lowest BCUT2D eigenvalue weighted by Crippen LogP contribution is -2.38. The molecule has 2 N–H and O–H groups in total. The highest BCUT2D eigenvalue weighted by Crippen LogP contribution is 2.23. The monoisotopic (exact) mass is 348 g/mol. The molecule has 1 aromatic heterocycles. The fraction of sp³-hybridized carbons (Fsp3) is 0.636. The Kier molecular flexibility index (Phi) is 4.93. The Bertz CT molecular complexity index is 355. The molecule has 0 bridgehead atoms. The van der Waals surface area contributed by atoms with Crippen molar-refractivity contribution in [2.75, 3.05) is 31.1 Å². The van der Waals surface area contributed by atoms with Crippen molar-refractivity contribution in [2.24, 2.45) is 5.73 Å². The summed E-state index contributed by atoms with van der Waals surface area (Å²) in [5.74, 6) is 1.04. The molecule has 6 heteroatoms. The summed E-state index contributed by atoms with van der Waals surface area (Å²) in [4.78, 5) is 10.6. The van der Waals surface area contributed by atoms with Gasteiger partial charge < -0.3 is 15.4 Å². The SMILES string of the molecule is NCCOC1CCN(c2ncncc2I)CC1. The smallest absolute Gasteiger partial charge is 0.145 e. The van der Waals surface area contributed by atoms with Crippen LogP contribution in [0.1, 0.15) is 12.8 Å². The molecule has 0 aromatic carbocycles. The number of aromatic nitrogens is 2.